The van der Waals surface area contributed by atoms with Gasteiger partial charge in [0, 0.05) is 19.6 Å². The van der Waals surface area contributed by atoms with Crippen molar-refractivity contribution in [2.45, 2.75) is 11.4 Å². The number of rotatable bonds is 8. The number of hydrogen-bond donors (Lipinski definition) is 1. The Bertz CT molecular complexity index is 575. The van der Waals surface area contributed by atoms with Gasteiger partial charge in [-0.3, -0.25) is 0 Å². The highest BCUT2D eigenvalue weighted by molar-refractivity contribution is 7.89. The zero-order valence-corrected chi connectivity index (χ0v) is 13.0. The van der Waals surface area contributed by atoms with Gasteiger partial charge in [-0.25, -0.2) is 8.42 Å². The molecule has 0 aliphatic rings. The van der Waals surface area contributed by atoms with Gasteiger partial charge in [0.25, 0.3) is 0 Å². The summed E-state index contributed by atoms with van der Waals surface area (Å²) >= 11 is 6.05. The van der Waals surface area contributed by atoms with Crippen LogP contribution in [0.5, 0.6) is 0 Å². The second kappa shape index (κ2) is 7.59. The fourth-order valence-electron chi connectivity index (χ4n) is 1.76. The van der Waals surface area contributed by atoms with Crippen molar-refractivity contribution in [3.63, 3.8) is 0 Å². The first-order valence-electron chi connectivity index (χ1n) is 6.12. The molecule has 1 N–H and O–H groups in total. The molecule has 0 bridgehead atoms. The quantitative estimate of drug-likeness (QED) is 0.750. The summed E-state index contributed by atoms with van der Waals surface area (Å²) in [4.78, 5) is 0.107. The molecule has 110 valence electrons. The van der Waals surface area contributed by atoms with Gasteiger partial charge >= 0.3 is 0 Å². The summed E-state index contributed by atoms with van der Waals surface area (Å²) in [6.45, 7) is 8.14. The minimum atomic E-state index is -3.67. The summed E-state index contributed by atoms with van der Waals surface area (Å²) in [7, 11) is -1.87. The summed E-state index contributed by atoms with van der Waals surface area (Å²) in [5.74, 6) is 0. The van der Waals surface area contributed by atoms with E-state index >= 15 is 0 Å². The number of sulfonamides is 1. The van der Waals surface area contributed by atoms with E-state index < -0.39 is 10.0 Å². The van der Waals surface area contributed by atoms with E-state index in [1.165, 1.54) is 16.5 Å². The van der Waals surface area contributed by atoms with Crippen molar-refractivity contribution in [3.05, 3.63) is 54.1 Å². The van der Waals surface area contributed by atoms with E-state index in [-0.39, 0.29) is 23.0 Å². The standard InChI is InChI=1S/C14H19ClN2O2S/c1-4-8-17(9-5-2)20(18,19)14-10-12(11-16-3)6-7-13(14)15/h4-7,10,16H,1-2,8-9,11H2,3H3. The van der Waals surface area contributed by atoms with Crippen LogP contribution in [-0.2, 0) is 16.6 Å². The van der Waals surface area contributed by atoms with E-state index in [2.05, 4.69) is 18.5 Å². The first-order chi connectivity index (χ1) is 9.47. The molecular formula is C14H19ClN2O2S. The molecule has 0 saturated carbocycles. The molecule has 6 heteroatoms. The number of benzene rings is 1. The maximum Gasteiger partial charge on any atom is 0.245 e. The van der Waals surface area contributed by atoms with Gasteiger partial charge in [0.2, 0.25) is 10.0 Å². The van der Waals surface area contributed by atoms with Gasteiger partial charge in [-0.1, -0.05) is 29.8 Å². The molecule has 0 atom stereocenters. The predicted octanol–water partition coefficient (Wildman–Crippen LogP) is 2.42. The van der Waals surface area contributed by atoms with E-state index in [9.17, 15) is 8.42 Å². The van der Waals surface area contributed by atoms with Crippen LogP contribution in [0, 0.1) is 0 Å². The van der Waals surface area contributed by atoms with Gasteiger partial charge in [-0.2, -0.15) is 4.31 Å². The minimum absolute atomic E-state index is 0.107. The summed E-state index contributed by atoms with van der Waals surface area (Å²) in [5, 5.41) is 3.19. The highest BCUT2D eigenvalue weighted by atomic mass is 35.5. The second-order valence-electron chi connectivity index (χ2n) is 4.19. The van der Waals surface area contributed by atoms with Crippen molar-refractivity contribution in [3.8, 4) is 0 Å². The molecule has 0 aliphatic carbocycles. The van der Waals surface area contributed by atoms with Gasteiger partial charge in [-0.05, 0) is 24.7 Å². The first kappa shape index (κ1) is 16.9. The Hall–Kier alpha value is -1.14. The molecule has 0 unspecified atom stereocenters. The largest absolute Gasteiger partial charge is 0.316 e. The van der Waals surface area contributed by atoms with Gasteiger partial charge in [0.1, 0.15) is 4.90 Å². The van der Waals surface area contributed by atoms with Crippen molar-refractivity contribution in [1.82, 2.24) is 9.62 Å². The highest BCUT2D eigenvalue weighted by Gasteiger charge is 2.25. The molecule has 0 aromatic heterocycles. The van der Waals surface area contributed by atoms with Crippen LogP contribution < -0.4 is 5.32 Å². The van der Waals surface area contributed by atoms with Crippen LogP contribution in [0.1, 0.15) is 5.56 Å². The Morgan fingerprint density at radius 2 is 1.90 bits per heavy atom. The molecule has 4 nitrogen and oxygen atoms in total. The Morgan fingerprint density at radius 3 is 2.40 bits per heavy atom. The van der Waals surface area contributed by atoms with Gasteiger partial charge in [-0.15, -0.1) is 13.2 Å². The summed E-state index contributed by atoms with van der Waals surface area (Å²) in [6.07, 6.45) is 3.07. The molecule has 20 heavy (non-hydrogen) atoms. The van der Waals surface area contributed by atoms with Crippen molar-refractivity contribution < 1.29 is 8.42 Å². The summed E-state index contributed by atoms with van der Waals surface area (Å²) in [6, 6.07) is 4.98. The predicted molar refractivity (Wildman–Crippen MR) is 83.4 cm³/mol. The Balaban J connectivity index is 3.27. The van der Waals surface area contributed by atoms with Crippen LogP contribution in [0.3, 0.4) is 0 Å². The lowest BCUT2D eigenvalue weighted by atomic mass is 10.2. The topological polar surface area (TPSA) is 49.4 Å². The Labute approximate surface area is 125 Å². The smallest absolute Gasteiger partial charge is 0.245 e. The second-order valence-corrected chi connectivity index (χ2v) is 6.51. The number of nitrogens with one attached hydrogen (secondary N) is 1. The van der Waals surface area contributed by atoms with E-state index in [0.29, 0.717) is 6.54 Å². The molecule has 1 aromatic carbocycles. The minimum Gasteiger partial charge on any atom is -0.316 e. The SMILES string of the molecule is C=CCN(CC=C)S(=O)(=O)c1cc(CNC)ccc1Cl. The van der Waals surface area contributed by atoms with E-state index in [0.717, 1.165) is 5.56 Å². The molecule has 0 heterocycles. The van der Waals surface area contributed by atoms with Crippen molar-refractivity contribution in [2.75, 3.05) is 20.1 Å². The summed E-state index contributed by atoms with van der Waals surface area (Å²) < 4.78 is 26.5. The van der Waals surface area contributed by atoms with Crippen LogP contribution in [0.15, 0.2) is 48.4 Å². The van der Waals surface area contributed by atoms with Gasteiger partial charge in [0.15, 0.2) is 0 Å². The van der Waals surface area contributed by atoms with Gasteiger partial charge in [0.05, 0.1) is 5.02 Å². The van der Waals surface area contributed by atoms with Crippen LogP contribution in [0.4, 0.5) is 0 Å². The lowest BCUT2D eigenvalue weighted by Gasteiger charge is -2.20. The number of hydrogen-bond acceptors (Lipinski definition) is 3. The first-order valence-corrected chi connectivity index (χ1v) is 7.94. The number of nitrogens with zero attached hydrogens (tertiary/aromatic N) is 1. The maximum absolute atomic E-state index is 12.6. The van der Waals surface area contributed by atoms with Crippen LogP contribution >= 0.6 is 11.6 Å². The van der Waals surface area contributed by atoms with Crippen molar-refractivity contribution >= 4 is 21.6 Å². The van der Waals surface area contributed by atoms with Crippen LogP contribution in [0.25, 0.3) is 0 Å². The fourth-order valence-corrected chi connectivity index (χ4v) is 3.66. The van der Waals surface area contributed by atoms with E-state index in [1.54, 1.807) is 25.2 Å². The third-order valence-electron chi connectivity index (χ3n) is 2.66. The lowest BCUT2D eigenvalue weighted by molar-refractivity contribution is 0.474. The van der Waals surface area contributed by atoms with Crippen molar-refractivity contribution in [2.24, 2.45) is 0 Å². The zero-order valence-electron chi connectivity index (χ0n) is 11.5. The summed E-state index contributed by atoms with van der Waals surface area (Å²) in [5.41, 5.74) is 0.854. The van der Waals surface area contributed by atoms with Crippen molar-refractivity contribution in [1.29, 1.82) is 0 Å². The Kier molecular flexibility index (Phi) is 6.42. The van der Waals surface area contributed by atoms with Crippen LogP contribution in [0.2, 0.25) is 5.02 Å². The molecule has 0 radical (unpaired) electrons. The third kappa shape index (κ3) is 3.93. The molecular weight excluding hydrogens is 296 g/mol. The molecule has 0 aliphatic heterocycles. The average Bonchev–Trinajstić information content (AvgIpc) is 2.41. The lowest BCUT2D eigenvalue weighted by Crippen LogP contribution is -2.31. The Morgan fingerprint density at radius 1 is 1.30 bits per heavy atom. The van der Waals surface area contributed by atoms with Gasteiger partial charge < -0.3 is 5.32 Å². The van der Waals surface area contributed by atoms with E-state index in [1.807, 2.05) is 0 Å². The molecule has 0 spiro atoms. The van der Waals surface area contributed by atoms with Crippen LogP contribution in [-0.4, -0.2) is 32.9 Å². The maximum atomic E-state index is 12.6. The third-order valence-corrected chi connectivity index (χ3v) is 4.97. The average molecular weight is 315 g/mol. The molecule has 1 aromatic rings. The highest BCUT2D eigenvalue weighted by Crippen LogP contribution is 2.26. The zero-order chi connectivity index (χ0) is 15.2. The fraction of sp³-hybridized carbons (Fsp3) is 0.286. The normalized spacial score (nSPS) is 11.6. The molecule has 0 fully saturated rings. The monoisotopic (exact) mass is 314 g/mol. The molecule has 0 saturated heterocycles. The number of halogens is 1. The molecule has 1 rings (SSSR count). The molecule has 0 amide bonds. The van der Waals surface area contributed by atoms with E-state index in [4.69, 9.17) is 11.6 Å².